The van der Waals surface area contributed by atoms with Gasteiger partial charge >= 0.3 is 0 Å². The van der Waals surface area contributed by atoms with E-state index >= 15 is 0 Å². The van der Waals surface area contributed by atoms with Gasteiger partial charge in [0.1, 0.15) is 11.5 Å². The monoisotopic (exact) mass is 351 g/mol. The van der Waals surface area contributed by atoms with Gasteiger partial charge in [0.2, 0.25) is 0 Å². The maximum atomic E-state index is 14.0. The molecule has 1 aliphatic heterocycles. The van der Waals surface area contributed by atoms with E-state index in [4.69, 9.17) is 0 Å². The van der Waals surface area contributed by atoms with Crippen molar-refractivity contribution >= 4 is 21.8 Å². The number of benzene rings is 1. The van der Waals surface area contributed by atoms with Crippen LogP contribution in [0.1, 0.15) is 34.9 Å². The Bertz CT molecular complexity index is 666. The van der Waals surface area contributed by atoms with E-state index < -0.39 is 0 Å². The second kappa shape index (κ2) is 5.60. The summed E-state index contributed by atoms with van der Waals surface area (Å²) >= 11 is 3.35. The Balaban J connectivity index is 1.95. The van der Waals surface area contributed by atoms with Crippen molar-refractivity contribution in [1.82, 2.24) is 14.7 Å². The molecule has 1 saturated heterocycles. The molecule has 1 aromatic carbocycles. The average molecular weight is 352 g/mol. The lowest BCUT2D eigenvalue weighted by molar-refractivity contribution is 0.0721. The highest BCUT2D eigenvalue weighted by Crippen LogP contribution is 2.35. The number of nitrogens with zero attached hydrogens (tertiary/aromatic N) is 3. The van der Waals surface area contributed by atoms with Gasteiger partial charge in [-0.3, -0.25) is 9.48 Å². The van der Waals surface area contributed by atoms with Crippen molar-refractivity contribution in [3.8, 4) is 0 Å². The van der Waals surface area contributed by atoms with Crippen LogP contribution in [0.4, 0.5) is 4.39 Å². The fourth-order valence-corrected chi connectivity index (χ4v) is 3.38. The number of aromatic nitrogens is 2. The van der Waals surface area contributed by atoms with Crippen LogP contribution in [0.15, 0.2) is 34.9 Å². The summed E-state index contributed by atoms with van der Waals surface area (Å²) in [7, 11) is 1.73. The van der Waals surface area contributed by atoms with Crippen LogP contribution in [0.5, 0.6) is 0 Å². The number of amides is 1. The molecule has 1 amide bonds. The fraction of sp³-hybridized carbons (Fsp3) is 0.333. The zero-order chi connectivity index (χ0) is 15.0. The van der Waals surface area contributed by atoms with E-state index in [0.29, 0.717) is 22.3 Å². The Labute approximate surface area is 130 Å². The molecule has 0 radical (unpaired) electrons. The highest BCUT2D eigenvalue weighted by atomic mass is 79.9. The molecule has 2 aromatic rings. The number of halogens is 2. The number of likely N-dealkylation sites (tertiary alicyclic amines) is 1. The van der Waals surface area contributed by atoms with Crippen molar-refractivity contribution in [2.24, 2.45) is 7.05 Å². The van der Waals surface area contributed by atoms with Crippen LogP contribution >= 0.6 is 15.9 Å². The van der Waals surface area contributed by atoms with Gasteiger partial charge in [0.05, 0.1) is 16.7 Å². The molecule has 110 valence electrons. The summed E-state index contributed by atoms with van der Waals surface area (Å²) < 4.78 is 16.2. The van der Waals surface area contributed by atoms with E-state index in [1.165, 1.54) is 6.07 Å². The Hall–Kier alpha value is -1.69. The topological polar surface area (TPSA) is 38.1 Å². The molecule has 3 rings (SSSR count). The third kappa shape index (κ3) is 2.48. The largest absolute Gasteiger partial charge is 0.330 e. The number of hydrogen-bond acceptors (Lipinski definition) is 2. The van der Waals surface area contributed by atoms with Crippen LogP contribution in [0, 0.1) is 5.82 Å². The van der Waals surface area contributed by atoms with Crippen molar-refractivity contribution in [1.29, 1.82) is 0 Å². The van der Waals surface area contributed by atoms with Gasteiger partial charge in [0.15, 0.2) is 0 Å². The van der Waals surface area contributed by atoms with Crippen LogP contribution in [0.25, 0.3) is 0 Å². The standard InChI is InChI=1S/C15H15BrFN3O/c1-19-14(11(16)9-18-19)15(21)20-8-4-7-13(20)10-5-2-3-6-12(10)17/h2-3,5-6,9,13H,4,7-8H2,1H3/t13-/m1/s1. The Kier molecular flexibility index (Phi) is 3.80. The summed E-state index contributed by atoms with van der Waals surface area (Å²) in [4.78, 5) is 14.5. The number of aryl methyl sites for hydroxylation is 1. The quantitative estimate of drug-likeness (QED) is 0.832. The fourth-order valence-electron chi connectivity index (χ4n) is 2.87. The van der Waals surface area contributed by atoms with Crippen LogP contribution in [-0.2, 0) is 7.05 Å². The summed E-state index contributed by atoms with van der Waals surface area (Å²) in [6.45, 7) is 0.634. The lowest BCUT2D eigenvalue weighted by Crippen LogP contribution is -2.32. The molecule has 0 unspecified atom stereocenters. The van der Waals surface area contributed by atoms with E-state index in [0.717, 1.165) is 12.8 Å². The van der Waals surface area contributed by atoms with Gasteiger partial charge < -0.3 is 4.90 Å². The third-order valence-electron chi connectivity index (χ3n) is 3.87. The first-order valence-electron chi connectivity index (χ1n) is 6.82. The smallest absolute Gasteiger partial charge is 0.273 e. The lowest BCUT2D eigenvalue weighted by atomic mass is 10.0. The normalized spacial score (nSPS) is 18.2. The predicted octanol–water partition coefficient (Wildman–Crippen LogP) is 3.30. The summed E-state index contributed by atoms with van der Waals surface area (Å²) in [6.07, 6.45) is 3.25. The van der Waals surface area contributed by atoms with Crippen molar-refractivity contribution in [3.05, 3.63) is 52.0 Å². The van der Waals surface area contributed by atoms with Crippen molar-refractivity contribution < 1.29 is 9.18 Å². The van der Waals surface area contributed by atoms with E-state index in [1.807, 2.05) is 0 Å². The van der Waals surface area contributed by atoms with Gasteiger partial charge in [0.25, 0.3) is 5.91 Å². The summed E-state index contributed by atoms with van der Waals surface area (Å²) in [6, 6.07) is 6.46. The molecule has 1 fully saturated rings. The molecule has 6 heteroatoms. The second-order valence-corrected chi connectivity index (χ2v) is 6.00. The van der Waals surface area contributed by atoms with Crippen LogP contribution in [-0.4, -0.2) is 27.1 Å². The van der Waals surface area contributed by atoms with Gasteiger partial charge in [-0.1, -0.05) is 18.2 Å². The summed E-state index contributed by atoms with van der Waals surface area (Å²) in [5.74, 6) is -0.376. The van der Waals surface area contributed by atoms with Gasteiger partial charge in [0, 0.05) is 19.2 Å². The van der Waals surface area contributed by atoms with Crippen LogP contribution < -0.4 is 0 Å². The molecule has 0 N–H and O–H groups in total. The van der Waals surface area contributed by atoms with Gasteiger partial charge in [-0.2, -0.15) is 5.10 Å². The first-order valence-corrected chi connectivity index (χ1v) is 7.62. The van der Waals surface area contributed by atoms with Crippen LogP contribution in [0.2, 0.25) is 0 Å². The molecular formula is C15H15BrFN3O. The molecule has 2 heterocycles. The molecule has 1 atom stereocenters. The van der Waals surface area contributed by atoms with E-state index in [1.54, 1.807) is 41.0 Å². The summed E-state index contributed by atoms with van der Waals surface area (Å²) in [5.41, 5.74) is 1.08. The average Bonchev–Trinajstić information content (AvgIpc) is 3.06. The van der Waals surface area contributed by atoms with Crippen molar-refractivity contribution in [3.63, 3.8) is 0 Å². The minimum atomic E-state index is -0.258. The highest BCUT2D eigenvalue weighted by molar-refractivity contribution is 9.10. The van der Waals surface area contributed by atoms with Crippen LogP contribution in [0.3, 0.4) is 0 Å². The first kappa shape index (κ1) is 14.3. The van der Waals surface area contributed by atoms with E-state index in [9.17, 15) is 9.18 Å². The Morgan fingerprint density at radius 1 is 1.43 bits per heavy atom. The molecular weight excluding hydrogens is 337 g/mol. The van der Waals surface area contributed by atoms with E-state index in [2.05, 4.69) is 21.0 Å². The van der Waals surface area contributed by atoms with Gasteiger partial charge in [-0.05, 0) is 34.8 Å². The molecule has 0 spiro atoms. The SMILES string of the molecule is Cn1ncc(Br)c1C(=O)N1CCC[C@@H]1c1ccccc1F. The number of carbonyl (C=O) groups excluding carboxylic acids is 1. The zero-order valence-electron chi connectivity index (χ0n) is 11.6. The third-order valence-corrected chi connectivity index (χ3v) is 4.45. The maximum absolute atomic E-state index is 14.0. The molecule has 0 bridgehead atoms. The van der Waals surface area contributed by atoms with Gasteiger partial charge in [-0.15, -0.1) is 0 Å². The van der Waals surface area contributed by atoms with Crippen molar-refractivity contribution in [2.75, 3.05) is 6.54 Å². The van der Waals surface area contributed by atoms with E-state index in [-0.39, 0.29) is 17.8 Å². The number of carbonyl (C=O) groups is 1. The molecule has 0 saturated carbocycles. The second-order valence-electron chi connectivity index (χ2n) is 5.14. The minimum Gasteiger partial charge on any atom is -0.330 e. The maximum Gasteiger partial charge on any atom is 0.273 e. The van der Waals surface area contributed by atoms with Crippen molar-refractivity contribution in [2.45, 2.75) is 18.9 Å². The molecule has 1 aliphatic rings. The Morgan fingerprint density at radius 3 is 2.86 bits per heavy atom. The van der Waals surface area contributed by atoms with Gasteiger partial charge in [-0.25, -0.2) is 4.39 Å². The molecule has 4 nitrogen and oxygen atoms in total. The predicted molar refractivity (Wildman–Crippen MR) is 80.3 cm³/mol. The summed E-state index contributed by atoms with van der Waals surface area (Å²) in [5, 5.41) is 4.07. The number of hydrogen-bond donors (Lipinski definition) is 0. The highest BCUT2D eigenvalue weighted by Gasteiger charge is 2.34. The Morgan fingerprint density at radius 2 is 2.19 bits per heavy atom. The molecule has 1 aromatic heterocycles. The molecule has 0 aliphatic carbocycles. The first-order chi connectivity index (χ1) is 10.1. The zero-order valence-corrected chi connectivity index (χ0v) is 13.2. The molecule has 21 heavy (non-hydrogen) atoms. The minimum absolute atomic E-state index is 0.118. The lowest BCUT2D eigenvalue weighted by Gasteiger charge is -2.25. The number of rotatable bonds is 2.